The maximum Gasteiger partial charge on any atom is 0.329 e. The first kappa shape index (κ1) is 9.31. The monoisotopic (exact) mass is 277 g/mol. The molecule has 0 radical (unpaired) electrons. The lowest BCUT2D eigenvalue weighted by molar-refractivity contribution is -0.138. The summed E-state index contributed by atoms with van der Waals surface area (Å²) in [7, 11) is 0. The van der Waals surface area contributed by atoms with Crippen molar-refractivity contribution in [3.63, 3.8) is 0 Å². The number of para-hydroxylation sites is 1. The highest BCUT2D eigenvalue weighted by molar-refractivity contribution is 14.1. The lowest BCUT2D eigenvalue weighted by Crippen LogP contribution is -2.06. The van der Waals surface area contributed by atoms with Gasteiger partial charge < -0.3 is 4.84 Å². The Labute approximate surface area is 84.2 Å². The van der Waals surface area contributed by atoms with Gasteiger partial charge in [-0.1, -0.05) is 12.1 Å². The zero-order chi connectivity index (χ0) is 8.97. The molecule has 0 spiro atoms. The van der Waals surface area contributed by atoms with Crippen molar-refractivity contribution >= 4 is 34.2 Å². The Bertz CT molecular complexity index is 288. The molecule has 1 aromatic carbocycles. The zero-order valence-electron chi connectivity index (χ0n) is 6.50. The molecule has 1 N–H and O–H groups in total. The number of nitrogens with one attached hydrogen (secondary N) is 1. The van der Waals surface area contributed by atoms with Crippen molar-refractivity contribution in [2.24, 2.45) is 0 Å². The maximum absolute atomic E-state index is 10.4. The summed E-state index contributed by atoms with van der Waals surface area (Å²) in [6.07, 6.45) is 0. The Morgan fingerprint density at radius 2 is 2.17 bits per heavy atom. The number of rotatable bonds is 2. The summed E-state index contributed by atoms with van der Waals surface area (Å²) in [5.41, 5.74) is 3.35. The first-order valence-electron chi connectivity index (χ1n) is 3.38. The van der Waals surface area contributed by atoms with Crippen LogP contribution >= 0.6 is 22.6 Å². The molecule has 0 bridgehead atoms. The molecule has 3 nitrogen and oxygen atoms in total. The average molecular weight is 277 g/mol. The molecular weight excluding hydrogens is 269 g/mol. The molecule has 0 amide bonds. The number of benzene rings is 1. The second-order valence-electron chi connectivity index (χ2n) is 2.18. The molecule has 0 unspecified atom stereocenters. The number of anilines is 1. The molecule has 0 aliphatic heterocycles. The van der Waals surface area contributed by atoms with Crippen molar-refractivity contribution in [3.8, 4) is 0 Å². The van der Waals surface area contributed by atoms with Crippen LogP contribution in [0.4, 0.5) is 5.69 Å². The lowest BCUT2D eigenvalue weighted by atomic mass is 10.3. The highest BCUT2D eigenvalue weighted by Gasteiger charge is 1.97. The Balaban J connectivity index is 2.63. The molecule has 0 atom stereocenters. The largest absolute Gasteiger partial charge is 0.344 e. The Kier molecular flexibility index (Phi) is 3.33. The third kappa shape index (κ3) is 2.69. The minimum absolute atomic E-state index is 0.352. The second-order valence-corrected chi connectivity index (χ2v) is 3.34. The van der Waals surface area contributed by atoms with Gasteiger partial charge >= 0.3 is 5.97 Å². The van der Waals surface area contributed by atoms with Gasteiger partial charge in [0.1, 0.15) is 0 Å². The average Bonchev–Trinajstić information content (AvgIpc) is 2.03. The molecule has 64 valence electrons. The van der Waals surface area contributed by atoms with E-state index in [1.165, 1.54) is 6.92 Å². The predicted octanol–water partition coefficient (Wildman–Crippen LogP) is 2.18. The fourth-order valence-corrected chi connectivity index (χ4v) is 1.17. The minimum Gasteiger partial charge on any atom is -0.344 e. The van der Waals surface area contributed by atoms with Gasteiger partial charge in [0.25, 0.3) is 0 Å². The van der Waals surface area contributed by atoms with Gasteiger partial charge in [0.2, 0.25) is 0 Å². The summed E-state index contributed by atoms with van der Waals surface area (Å²) >= 11 is 2.15. The van der Waals surface area contributed by atoms with Crippen molar-refractivity contribution in [3.05, 3.63) is 27.8 Å². The molecule has 12 heavy (non-hydrogen) atoms. The van der Waals surface area contributed by atoms with Gasteiger partial charge in [0.15, 0.2) is 0 Å². The highest BCUT2D eigenvalue weighted by Crippen LogP contribution is 2.16. The first-order chi connectivity index (χ1) is 5.70. The Morgan fingerprint density at radius 1 is 1.50 bits per heavy atom. The van der Waals surface area contributed by atoms with Crippen LogP contribution in [0.2, 0.25) is 0 Å². The van der Waals surface area contributed by atoms with Crippen molar-refractivity contribution in [2.75, 3.05) is 5.48 Å². The van der Waals surface area contributed by atoms with Gasteiger partial charge in [0, 0.05) is 10.5 Å². The van der Waals surface area contributed by atoms with Gasteiger partial charge in [-0.25, -0.2) is 5.48 Å². The molecule has 1 aromatic rings. The Morgan fingerprint density at radius 3 is 2.75 bits per heavy atom. The van der Waals surface area contributed by atoms with Gasteiger partial charge in [-0.2, -0.15) is 0 Å². The highest BCUT2D eigenvalue weighted by atomic mass is 127. The van der Waals surface area contributed by atoms with Crippen LogP contribution in [0.5, 0.6) is 0 Å². The molecule has 0 aromatic heterocycles. The molecule has 0 fully saturated rings. The van der Waals surface area contributed by atoms with E-state index in [1.807, 2.05) is 24.3 Å². The fourth-order valence-electron chi connectivity index (χ4n) is 0.671. The van der Waals surface area contributed by atoms with Crippen LogP contribution in [-0.4, -0.2) is 5.97 Å². The summed E-state index contributed by atoms with van der Waals surface area (Å²) in [5.74, 6) is -0.352. The molecule has 0 aliphatic rings. The quantitative estimate of drug-likeness (QED) is 0.665. The maximum atomic E-state index is 10.4. The number of hydrogen-bond acceptors (Lipinski definition) is 3. The van der Waals surface area contributed by atoms with Gasteiger partial charge in [-0.3, -0.25) is 4.79 Å². The standard InChI is InChI=1S/C8H8INO2/c1-6(11)12-10-8-5-3-2-4-7(8)9/h2-5,10H,1H3. The summed E-state index contributed by atoms with van der Waals surface area (Å²) in [6.45, 7) is 1.35. The molecule has 1 rings (SSSR count). The number of carbonyl (C=O) groups is 1. The second kappa shape index (κ2) is 4.30. The van der Waals surface area contributed by atoms with E-state index in [4.69, 9.17) is 0 Å². The normalized spacial score (nSPS) is 9.17. The van der Waals surface area contributed by atoms with E-state index in [0.29, 0.717) is 0 Å². The van der Waals surface area contributed by atoms with Crippen molar-refractivity contribution in [2.45, 2.75) is 6.92 Å². The van der Waals surface area contributed by atoms with Crippen LogP contribution in [0, 0.1) is 3.57 Å². The van der Waals surface area contributed by atoms with Crippen LogP contribution in [0.1, 0.15) is 6.92 Å². The molecular formula is C8H8INO2. The van der Waals surface area contributed by atoms with Crippen LogP contribution in [0.3, 0.4) is 0 Å². The van der Waals surface area contributed by atoms with E-state index in [1.54, 1.807) is 0 Å². The molecule has 0 saturated heterocycles. The van der Waals surface area contributed by atoms with Crippen molar-refractivity contribution in [1.82, 2.24) is 0 Å². The van der Waals surface area contributed by atoms with E-state index in [2.05, 4.69) is 32.9 Å². The smallest absolute Gasteiger partial charge is 0.329 e. The third-order valence-electron chi connectivity index (χ3n) is 1.18. The fraction of sp³-hybridized carbons (Fsp3) is 0.125. The molecule has 0 heterocycles. The zero-order valence-corrected chi connectivity index (χ0v) is 8.66. The van der Waals surface area contributed by atoms with Crippen LogP contribution in [-0.2, 0) is 9.63 Å². The number of hydrogen-bond donors (Lipinski definition) is 1. The molecule has 0 saturated carbocycles. The lowest BCUT2D eigenvalue weighted by Gasteiger charge is -2.05. The van der Waals surface area contributed by atoms with E-state index in [9.17, 15) is 4.79 Å². The summed E-state index contributed by atoms with van der Waals surface area (Å²) < 4.78 is 1.01. The van der Waals surface area contributed by atoms with E-state index in [0.717, 1.165) is 9.26 Å². The predicted molar refractivity (Wildman–Crippen MR) is 54.5 cm³/mol. The van der Waals surface area contributed by atoms with Crippen LogP contribution in [0.15, 0.2) is 24.3 Å². The Hall–Kier alpha value is -0.780. The van der Waals surface area contributed by atoms with E-state index >= 15 is 0 Å². The van der Waals surface area contributed by atoms with E-state index < -0.39 is 0 Å². The van der Waals surface area contributed by atoms with Gasteiger partial charge in [0.05, 0.1) is 5.69 Å². The van der Waals surface area contributed by atoms with Crippen LogP contribution in [0.25, 0.3) is 0 Å². The molecule has 0 aliphatic carbocycles. The summed E-state index contributed by atoms with van der Waals surface area (Å²) in [6, 6.07) is 7.55. The van der Waals surface area contributed by atoms with Crippen molar-refractivity contribution < 1.29 is 9.63 Å². The number of carbonyl (C=O) groups excluding carboxylic acids is 1. The third-order valence-corrected chi connectivity index (χ3v) is 2.12. The van der Waals surface area contributed by atoms with E-state index in [-0.39, 0.29) is 5.97 Å². The van der Waals surface area contributed by atoms with Gasteiger partial charge in [-0.05, 0) is 34.7 Å². The minimum atomic E-state index is -0.352. The molecule has 4 heteroatoms. The SMILES string of the molecule is CC(=O)ONc1ccccc1I. The van der Waals surface area contributed by atoms with Gasteiger partial charge in [-0.15, -0.1) is 0 Å². The summed E-state index contributed by atoms with van der Waals surface area (Å²) in [4.78, 5) is 15.1. The summed E-state index contributed by atoms with van der Waals surface area (Å²) in [5, 5.41) is 0. The first-order valence-corrected chi connectivity index (χ1v) is 4.46. The topological polar surface area (TPSA) is 38.3 Å². The van der Waals surface area contributed by atoms with Crippen molar-refractivity contribution in [1.29, 1.82) is 0 Å². The van der Waals surface area contributed by atoms with Crippen LogP contribution < -0.4 is 5.48 Å². The number of halogens is 1.